The third kappa shape index (κ3) is 7.33. The van der Waals surface area contributed by atoms with Crippen LogP contribution in [0.15, 0.2) is 48.5 Å². The molecule has 0 radical (unpaired) electrons. The monoisotopic (exact) mass is 531 g/mol. The van der Waals surface area contributed by atoms with Gasteiger partial charge >= 0.3 is 12.2 Å². The number of ether oxygens (including phenoxy) is 3. The zero-order valence-corrected chi connectivity index (χ0v) is 20.9. The predicted molar refractivity (Wildman–Crippen MR) is 132 cm³/mol. The summed E-state index contributed by atoms with van der Waals surface area (Å²) in [4.78, 5) is 41.6. The molecule has 1 atom stereocenters. The van der Waals surface area contributed by atoms with Crippen molar-refractivity contribution in [3.63, 3.8) is 0 Å². The average molecular weight is 532 g/mol. The highest BCUT2D eigenvalue weighted by molar-refractivity contribution is 5.90. The molecule has 2 fully saturated rings. The molecule has 204 valence electrons. The Morgan fingerprint density at radius 3 is 2.61 bits per heavy atom. The molecule has 12 heteroatoms. The third-order valence-corrected chi connectivity index (χ3v) is 6.23. The summed E-state index contributed by atoms with van der Waals surface area (Å²) in [7, 11) is 0. The van der Waals surface area contributed by atoms with E-state index in [2.05, 4.69) is 5.32 Å². The maximum absolute atomic E-state index is 14.7. The SMILES string of the molecule is CC(=O)NC[C@H]1CN(c2ccc(OCC3(O)CCN(OC(=O)OCc4ccccc4)CC3)c(F)c2)C(=O)O1. The number of amides is 2. The number of benzene rings is 2. The van der Waals surface area contributed by atoms with E-state index in [-0.39, 0.29) is 69.6 Å². The number of hydrogen-bond acceptors (Lipinski definition) is 9. The number of cyclic esters (lactones) is 1. The van der Waals surface area contributed by atoms with E-state index in [9.17, 15) is 23.9 Å². The summed E-state index contributed by atoms with van der Waals surface area (Å²) in [6.07, 6.45) is -1.55. The van der Waals surface area contributed by atoms with Gasteiger partial charge in [-0.2, -0.15) is 0 Å². The van der Waals surface area contributed by atoms with Crippen LogP contribution in [0.5, 0.6) is 5.75 Å². The minimum Gasteiger partial charge on any atom is -0.488 e. The molecule has 0 spiro atoms. The van der Waals surface area contributed by atoms with Crippen molar-refractivity contribution >= 4 is 23.8 Å². The summed E-state index contributed by atoms with van der Waals surface area (Å²) in [5.41, 5.74) is -0.121. The van der Waals surface area contributed by atoms with E-state index in [0.29, 0.717) is 0 Å². The van der Waals surface area contributed by atoms with E-state index < -0.39 is 29.8 Å². The Hall–Kier alpha value is -3.90. The second kappa shape index (κ2) is 12.1. The molecule has 2 amide bonds. The average Bonchev–Trinajstić information content (AvgIpc) is 3.28. The first kappa shape index (κ1) is 27.1. The number of carbonyl (C=O) groups is 3. The summed E-state index contributed by atoms with van der Waals surface area (Å²) in [5.74, 6) is -1.02. The molecule has 0 aromatic heterocycles. The van der Waals surface area contributed by atoms with Gasteiger partial charge in [-0.25, -0.2) is 14.0 Å². The van der Waals surface area contributed by atoms with Gasteiger partial charge in [-0.15, -0.1) is 5.06 Å². The maximum atomic E-state index is 14.7. The highest BCUT2D eigenvalue weighted by Crippen LogP contribution is 2.29. The summed E-state index contributed by atoms with van der Waals surface area (Å²) < 4.78 is 30.6. The normalized spacial score (nSPS) is 19.0. The lowest BCUT2D eigenvalue weighted by molar-refractivity contribution is -0.172. The highest BCUT2D eigenvalue weighted by Gasteiger charge is 2.36. The first-order valence-electron chi connectivity index (χ1n) is 12.2. The topological polar surface area (TPSA) is 127 Å². The molecule has 2 aromatic rings. The fourth-order valence-electron chi connectivity index (χ4n) is 4.07. The fourth-order valence-corrected chi connectivity index (χ4v) is 4.07. The van der Waals surface area contributed by atoms with E-state index in [1.165, 1.54) is 29.0 Å². The molecule has 2 aliphatic heterocycles. The lowest BCUT2D eigenvalue weighted by atomic mass is 9.93. The van der Waals surface area contributed by atoms with Gasteiger partial charge in [0, 0.05) is 26.1 Å². The van der Waals surface area contributed by atoms with Crippen molar-refractivity contribution in [1.29, 1.82) is 0 Å². The van der Waals surface area contributed by atoms with Gasteiger partial charge in [0.25, 0.3) is 0 Å². The number of hydrogen-bond donors (Lipinski definition) is 2. The van der Waals surface area contributed by atoms with Crippen molar-refractivity contribution in [2.75, 3.05) is 37.7 Å². The number of anilines is 1. The van der Waals surface area contributed by atoms with Gasteiger partial charge in [-0.3, -0.25) is 9.69 Å². The zero-order chi connectivity index (χ0) is 27.1. The minimum absolute atomic E-state index is 0.0762. The van der Waals surface area contributed by atoms with E-state index in [1.807, 2.05) is 30.3 Å². The quantitative estimate of drug-likeness (QED) is 0.470. The van der Waals surface area contributed by atoms with Crippen LogP contribution in [0, 0.1) is 5.82 Å². The number of nitrogens with zero attached hydrogens (tertiary/aromatic N) is 2. The third-order valence-electron chi connectivity index (χ3n) is 6.23. The van der Waals surface area contributed by atoms with E-state index in [1.54, 1.807) is 0 Å². The van der Waals surface area contributed by atoms with Crippen molar-refractivity contribution in [1.82, 2.24) is 10.4 Å². The van der Waals surface area contributed by atoms with Crippen LogP contribution in [0.1, 0.15) is 25.3 Å². The number of hydroxylamine groups is 2. The maximum Gasteiger partial charge on any atom is 0.528 e. The van der Waals surface area contributed by atoms with Crippen molar-refractivity contribution in [2.24, 2.45) is 0 Å². The molecule has 2 aromatic carbocycles. The van der Waals surface area contributed by atoms with E-state index in [0.717, 1.165) is 11.6 Å². The van der Waals surface area contributed by atoms with Crippen molar-refractivity contribution in [3.8, 4) is 5.75 Å². The minimum atomic E-state index is -1.24. The molecule has 2 aliphatic rings. The van der Waals surface area contributed by atoms with Gasteiger partial charge in [0.15, 0.2) is 11.6 Å². The van der Waals surface area contributed by atoms with Gasteiger partial charge in [-0.05, 0) is 30.5 Å². The van der Waals surface area contributed by atoms with Crippen molar-refractivity contribution < 1.29 is 42.9 Å². The molecule has 0 unspecified atom stereocenters. The Morgan fingerprint density at radius 2 is 1.92 bits per heavy atom. The van der Waals surface area contributed by atoms with E-state index in [4.69, 9.17) is 19.0 Å². The Labute approximate surface area is 219 Å². The van der Waals surface area contributed by atoms with Gasteiger partial charge in [0.2, 0.25) is 5.91 Å². The van der Waals surface area contributed by atoms with Gasteiger partial charge in [-0.1, -0.05) is 30.3 Å². The first-order valence-corrected chi connectivity index (χ1v) is 12.2. The van der Waals surface area contributed by atoms with Gasteiger partial charge in [0.05, 0.1) is 18.8 Å². The van der Waals surface area contributed by atoms with Crippen molar-refractivity contribution in [2.45, 2.75) is 38.1 Å². The van der Waals surface area contributed by atoms with Gasteiger partial charge < -0.3 is 29.5 Å². The van der Waals surface area contributed by atoms with Crippen molar-refractivity contribution in [3.05, 3.63) is 59.9 Å². The van der Waals surface area contributed by atoms with Crippen LogP contribution in [0.4, 0.5) is 19.7 Å². The van der Waals surface area contributed by atoms with Gasteiger partial charge in [0.1, 0.15) is 24.9 Å². The Balaban J connectivity index is 1.22. The smallest absolute Gasteiger partial charge is 0.488 e. The molecular weight excluding hydrogens is 501 g/mol. The van der Waals surface area contributed by atoms with Crippen LogP contribution in [0.3, 0.4) is 0 Å². The number of aliphatic hydroxyl groups is 1. The standard InChI is InChI=1S/C26H30FN3O8/c1-18(31)28-14-21-15-30(24(32)37-21)20-7-8-23(22(27)13-20)36-17-26(34)9-11-29(12-10-26)38-25(33)35-16-19-5-3-2-4-6-19/h2-8,13,21,34H,9-12,14-17H2,1H3,(H,28,31)/t21-/m0/s1. The van der Waals surface area contributed by atoms with E-state index >= 15 is 0 Å². The number of nitrogens with one attached hydrogen (secondary N) is 1. The Kier molecular flexibility index (Phi) is 8.64. The van der Waals surface area contributed by atoms with Crippen LogP contribution in [-0.2, 0) is 25.7 Å². The summed E-state index contributed by atoms with van der Waals surface area (Å²) in [6.45, 7) is 2.11. The molecule has 0 aliphatic carbocycles. The molecular formula is C26H30FN3O8. The summed E-state index contributed by atoms with van der Waals surface area (Å²) in [6, 6.07) is 13.3. The molecule has 11 nitrogen and oxygen atoms in total. The Bertz CT molecular complexity index is 1140. The number of carbonyl (C=O) groups excluding carboxylic acids is 3. The predicted octanol–water partition coefficient (Wildman–Crippen LogP) is 2.76. The molecule has 2 heterocycles. The lowest BCUT2D eigenvalue weighted by Crippen LogP contribution is -2.48. The highest BCUT2D eigenvalue weighted by atomic mass is 19.1. The van der Waals surface area contributed by atoms with Crippen LogP contribution in [0.25, 0.3) is 0 Å². The summed E-state index contributed by atoms with van der Waals surface area (Å²) >= 11 is 0. The molecule has 2 saturated heterocycles. The Morgan fingerprint density at radius 1 is 1.18 bits per heavy atom. The van der Waals surface area contributed by atoms with Crippen LogP contribution in [0.2, 0.25) is 0 Å². The first-order chi connectivity index (χ1) is 18.2. The molecule has 2 N–H and O–H groups in total. The number of rotatable bonds is 9. The molecule has 0 bridgehead atoms. The second-order valence-electron chi connectivity index (χ2n) is 9.23. The summed E-state index contributed by atoms with van der Waals surface area (Å²) in [5, 5.41) is 14.9. The van der Waals surface area contributed by atoms with Crippen LogP contribution in [-0.4, -0.2) is 72.8 Å². The second-order valence-corrected chi connectivity index (χ2v) is 9.23. The number of piperidine rings is 1. The molecule has 4 rings (SSSR count). The lowest BCUT2D eigenvalue weighted by Gasteiger charge is -2.36. The fraction of sp³-hybridized carbons (Fsp3) is 0.423. The largest absolute Gasteiger partial charge is 0.528 e. The molecule has 38 heavy (non-hydrogen) atoms. The molecule has 0 saturated carbocycles. The number of halogens is 1. The van der Waals surface area contributed by atoms with Crippen LogP contribution < -0.4 is 15.0 Å². The van der Waals surface area contributed by atoms with Crippen LogP contribution >= 0.6 is 0 Å². The zero-order valence-electron chi connectivity index (χ0n) is 20.9.